The van der Waals surface area contributed by atoms with E-state index in [2.05, 4.69) is 5.32 Å². The smallest absolute Gasteiger partial charge is 0.330 e. The van der Waals surface area contributed by atoms with Gasteiger partial charge in [0.25, 0.3) is 0 Å². The Kier molecular flexibility index (Phi) is 6.55. The van der Waals surface area contributed by atoms with Gasteiger partial charge in [-0.2, -0.15) is 0 Å². The summed E-state index contributed by atoms with van der Waals surface area (Å²) in [4.78, 5) is 24.0. The second kappa shape index (κ2) is 8.44. The highest BCUT2D eigenvalue weighted by atomic mass is 32.2. The van der Waals surface area contributed by atoms with Crippen LogP contribution in [-0.4, -0.2) is 50.5 Å². The lowest BCUT2D eigenvalue weighted by atomic mass is 9.97. The van der Waals surface area contributed by atoms with Crippen LogP contribution in [0.4, 0.5) is 0 Å². The highest BCUT2D eigenvalue weighted by Gasteiger charge is 2.29. The summed E-state index contributed by atoms with van der Waals surface area (Å²) in [5.74, 6) is -0.600. The summed E-state index contributed by atoms with van der Waals surface area (Å²) in [5.41, 5.74) is 1.06. The third-order valence-electron chi connectivity index (χ3n) is 4.24. The lowest BCUT2D eigenvalue weighted by Crippen LogP contribution is -2.43. The molecule has 0 radical (unpaired) electrons. The molecule has 0 aromatic heterocycles. The molecule has 1 aromatic rings. The molecule has 1 N–H and O–H groups in total. The molecule has 1 fully saturated rings. The van der Waals surface area contributed by atoms with Crippen LogP contribution in [0.2, 0.25) is 0 Å². The van der Waals surface area contributed by atoms with Gasteiger partial charge in [-0.25, -0.2) is 17.5 Å². The standard InChI is InChI=1S/C17H24N2O5S/c1-3-13-5-4-6-15(11-13)24-16(20)12-18-17(21)14-7-9-19(10-8-14)25(2,22)23/h4-6,11,14H,3,7-10,12H2,1-2H3,(H,18,21). The average molecular weight is 368 g/mol. The molecule has 0 unspecified atom stereocenters. The minimum Gasteiger partial charge on any atom is -0.425 e. The van der Waals surface area contributed by atoms with Crippen LogP contribution in [0, 0.1) is 5.92 Å². The summed E-state index contributed by atoms with van der Waals surface area (Å²) < 4.78 is 29.5. The molecule has 138 valence electrons. The van der Waals surface area contributed by atoms with E-state index in [0.29, 0.717) is 31.7 Å². The SMILES string of the molecule is CCc1cccc(OC(=O)CNC(=O)C2CCN(S(C)(=O)=O)CC2)c1. The summed E-state index contributed by atoms with van der Waals surface area (Å²) in [6.07, 6.45) is 2.91. The van der Waals surface area contributed by atoms with Crippen LogP contribution in [-0.2, 0) is 26.0 Å². The lowest BCUT2D eigenvalue weighted by Gasteiger charge is -2.29. The van der Waals surface area contributed by atoms with Crippen molar-refractivity contribution in [1.29, 1.82) is 0 Å². The molecule has 0 bridgehead atoms. The summed E-state index contributed by atoms with van der Waals surface area (Å²) >= 11 is 0. The van der Waals surface area contributed by atoms with Gasteiger partial charge >= 0.3 is 5.97 Å². The van der Waals surface area contributed by atoms with Gasteiger partial charge in [0.1, 0.15) is 12.3 Å². The van der Waals surface area contributed by atoms with Crippen LogP contribution >= 0.6 is 0 Å². The van der Waals surface area contributed by atoms with E-state index in [1.807, 2.05) is 19.1 Å². The summed E-state index contributed by atoms with van der Waals surface area (Å²) in [6.45, 7) is 2.45. The van der Waals surface area contributed by atoms with E-state index in [1.54, 1.807) is 12.1 Å². The van der Waals surface area contributed by atoms with Crippen LogP contribution in [0.5, 0.6) is 5.75 Å². The Balaban J connectivity index is 1.77. The molecule has 1 amide bonds. The van der Waals surface area contributed by atoms with E-state index < -0.39 is 16.0 Å². The zero-order valence-electron chi connectivity index (χ0n) is 14.5. The van der Waals surface area contributed by atoms with Gasteiger partial charge in [-0.05, 0) is 37.0 Å². The molecular weight excluding hydrogens is 344 g/mol. The number of aryl methyl sites for hydroxylation is 1. The Bertz CT molecular complexity index is 724. The number of amides is 1. The topological polar surface area (TPSA) is 92.8 Å². The monoisotopic (exact) mass is 368 g/mol. The van der Waals surface area contributed by atoms with Gasteiger partial charge in [-0.15, -0.1) is 0 Å². The second-order valence-corrected chi connectivity index (χ2v) is 8.11. The maximum Gasteiger partial charge on any atom is 0.330 e. The van der Waals surface area contributed by atoms with Gasteiger partial charge in [-0.1, -0.05) is 19.1 Å². The number of ether oxygens (including phenoxy) is 1. The van der Waals surface area contributed by atoms with Gasteiger partial charge in [0.05, 0.1) is 6.26 Å². The molecule has 7 nitrogen and oxygen atoms in total. The van der Waals surface area contributed by atoms with Crippen molar-refractivity contribution < 1.29 is 22.7 Å². The number of piperidine rings is 1. The van der Waals surface area contributed by atoms with E-state index in [-0.39, 0.29) is 18.4 Å². The first kappa shape index (κ1) is 19.4. The Morgan fingerprint density at radius 3 is 2.56 bits per heavy atom. The van der Waals surface area contributed by atoms with Gasteiger partial charge < -0.3 is 10.1 Å². The summed E-state index contributed by atoms with van der Waals surface area (Å²) in [6, 6.07) is 7.25. The van der Waals surface area contributed by atoms with Gasteiger partial charge in [0.2, 0.25) is 15.9 Å². The molecule has 1 aliphatic heterocycles. The highest BCUT2D eigenvalue weighted by molar-refractivity contribution is 7.88. The molecule has 8 heteroatoms. The van der Waals surface area contributed by atoms with Crippen molar-refractivity contribution in [3.05, 3.63) is 29.8 Å². The molecule has 0 saturated carbocycles. The van der Waals surface area contributed by atoms with E-state index in [1.165, 1.54) is 4.31 Å². The van der Waals surface area contributed by atoms with E-state index in [0.717, 1.165) is 18.2 Å². The zero-order valence-corrected chi connectivity index (χ0v) is 15.3. The summed E-state index contributed by atoms with van der Waals surface area (Å²) in [5, 5.41) is 2.57. The minimum atomic E-state index is -3.21. The first-order chi connectivity index (χ1) is 11.8. The fraction of sp³-hybridized carbons (Fsp3) is 0.529. The van der Waals surface area contributed by atoms with Crippen LogP contribution in [0.15, 0.2) is 24.3 Å². The highest BCUT2D eigenvalue weighted by Crippen LogP contribution is 2.19. The van der Waals surface area contributed by atoms with Gasteiger partial charge in [0.15, 0.2) is 0 Å². The quantitative estimate of drug-likeness (QED) is 0.596. The Labute approximate surface area is 148 Å². The van der Waals surface area contributed by atoms with Crippen molar-refractivity contribution in [3.8, 4) is 5.75 Å². The normalized spacial score (nSPS) is 16.4. The molecule has 1 heterocycles. The average Bonchev–Trinajstić information content (AvgIpc) is 2.59. The Morgan fingerprint density at radius 2 is 1.96 bits per heavy atom. The third-order valence-corrected chi connectivity index (χ3v) is 5.54. The predicted octanol–water partition coefficient (Wildman–Crippen LogP) is 0.942. The van der Waals surface area contributed by atoms with Crippen molar-refractivity contribution in [3.63, 3.8) is 0 Å². The van der Waals surface area contributed by atoms with Crippen molar-refractivity contribution >= 4 is 21.9 Å². The van der Waals surface area contributed by atoms with E-state index in [4.69, 9.17) is 4.74 Å². The molecule has 1 aromatic carbocycles. The maximum atomic E-state index is 12.1. The number of hydrogen-bond donors (Lipinski definition) is 1. The maximum absolute atomic E-state index is 12.1. The summed E-state index contributed by atoms with van der Waals surface area (Å²) in [7, 11) is -3.21. The third kappa shape index (κ3) is 5.82. The van der Waals surface area contributed by atoms with Gasteiger partial charge in [0, 0.05) is 19.0 Å². The molecule has 0 aliphatic carbocycles. The van der Waals surface area contributed by atoms with Crippen molar-refractivity contribution in [1.82, 2.24) is 9.62 Å². The van der Waals surface area contributed by atoms with Gasteiger partial charge in [-0.3, -0.25) is 4.79 Å². The largest absolute Gasteiger partial charge is 0.425 e. The Morgan fingerprint density at radius 1 is 1.28 bits per heavy atom. The molecule has 1 aliphatic rings. The van der Waals surface area contributed by atoms with E-state index in [9.17, 15) is 18.0 Å². The Hall–Kier alpha value is -1.93. The number of nitrogens with one attached hydrogen (secondary N) is 1. The predicted molar refractivity (Wildman–Crippen MR) is 93.6 cm³/mol. The molecule has 25 heavy (non-hydrogen) atoms. The number of benzene rings is 1. The van der Waals surface area contributed by atoms with Crippen LogP contribution in [0.3, 0.4) is 0 Å². The van der Waals surface area contributed by atoms with Crippen LogP contribution < -0.4 is 10.1 Å². The van der Waals surface area contributed by atoms with E-state index >= 15 is 0 Å². The molecule has 1 saturated heterocycles. The molecule has 0 spiro atoms. The number of carbonyl (C=O) groups excluding carboxylic acids is 2. The minimum absolute atomic E-state index is 0.207. The first-order valence-electron chi connectivity index (χ1n) is 8.32. The number of rotatable bonds is 6. The number of carbonyl (C=O) groups is 2. The molecular formula is C17H24N2O5S. The molecule has 2 rings (SSSR count). The van der Waals surface area contributed by atoms with Crippen molar-refractivity contribution in [2.24, 2.45) is 5.92 Å². The van der Waals surface area contributed by atoms with Crippen LogP contribution in [0.1, 0.15) is 25.3 Å². The van der Waals surface area contributed by atoms with Crippen molar-refractivity contribution in [2.75, 3.05) is 25.9 Å². The number of hydrogen-bond acceptors (Lipinski definition) is 5. The fourth-order valence-corrected chi connectivity index (χ4v) is 3.62. The van der Waals surface area contributed by atoms with Crippen molar-refractivity contribution in [2.45, 2.75) is 26.2 Å². The number of esters is 1. The zero-order chi connectivity index (χ0) is 18.4. The number of sulfonamides is 1. The lowest BCUT2D eigenvalue weighted by molar-refractivity contribution is -0.136. The first-order valence-corrected chi connectivity index (χ1v) is 10.2. The fourth-order valence-electron chi connectivity index (χ4n) is 2.75. The molecule has 0 atom stereocenters. The number of nitrogens with zero attached hydrogens (tertiary/aromatic N) is 1. The second-order valence-electron chi connectivity index (χ2n) is 6.13. The van der Waals surface area contributed by atoms with Crippen LogP contribution in [0.25, 0.3) is 0 Å².